The Morgan fingerprint density at radius 1 is 1.18 bits per heavy atom. The van der Waals surface area contributed by atoms with E-state index in [1.807, 2.05) is 18.2 Å². The van der Waals surface area contributed by atoms with Crippen molar-refractivity contribution in [3.63, 3.8) is 0 Å². The number of carbonyl (C=O) groups excluding carboxylic acids is 1. The molecule has 0 fully saturated rings. The zero-order chi connectivity index (χ0) is 7.84. The van der Waals surface area contributed by atoms with E-state index in [-0.39, 0.29) is 5.91 Å². The van der Waals surface area contributed by atoms with E-state index in [9.17, 15) is 4.79 Å². The third-order valence-electron chi connectivity index (χ3n) is 1.71. The molecule has 2 heteroatoms. The first-order valence-corrected chi connectivity index (χ1v) is 3.32. The van der Waals surface area contributed by atoms with Gasteiger partial charge in [-0.3, -0.25) is 4.79 Å². The lowest BCUT2D eigenvalue weighted by Crippen LogP contribution is -2.11. The Kier molecular flexibility index (Phi) is 1.09. The Bertz CT molecular complexity index is 308. The highest BCUT2D eigenvalue weighted by Crippen LogP contribution is 2.21. The molecule has 11 heavy (non-hydrogen) atoms. The second-order valence-electron chi connectivity index (χ2n) is 2.41. The standard InChI is InChI=1S/C9H6NO/c1-6-7-4-2-3-5-8(7)9(11)10-6/h1-5H,(H,10,11). The summed E-state index contributed by atoms with van der Waals surface area (Å²) in [6.07, 6.45) is 0. The van der Waals surface area contributed by atoms with Gasteiger partial charge < -0.3 is 5.32 Å². The van der Waals surface area contributed by atoms with E-state index in [1.54, 1.807) is 6.07 Å². The molecular formula is C9H6NO. The van der Waals surface area contributed by atoms with E-state index in [0.717, 1.165) is 5.56 Å². The normalized spacial score (nSPS) is 14.5. The van der Waals surface area contributed by atoms with Gasteiger partial charge in [0, 0.05) is 16.8 Å². The van der Waals surface area contributed by atoms with Gasteiger partial charge in [0.15, 0.2) is 0 Å². The smallest absolute Gasteiger partial charge is 0.256 e. The number of fused-ring (bicyclic) bond motifs is 1. The van der Waals surface area contributed by atoms with Gasteiger partial charge in [-0.1, -0.05) is 18.2 Å². The largest absolute Gasteiger partial charge is 0.321 e. The average molecular weight is 144 g/mol. The lowest BCUT2D eigenvalue weighted by atomic mass is 10.1. The number of hydrogen-bond acceptors (Lipinski definition) is 1. The van der Waals surface area contributed by atoms with E-state index in [1.165, 1.54) is 0 Å². The Morgan fingerprint density at radius 3 is 2.45 bits per heavy atom. The molecule has 1 radical (unpaired) electrons. The van der Waals surface area contributed by atoms with E-state index in [0.29, 0.717) is 11.3 Å². The minimum absolute atomic E-state index is 0.113. The molecule has 0 aromatic heterocycles. The van der Waals surface area contributed by atoms with Crippen LogP contribution in [0.15, 0.2) is 24.3 Å². The summed E-state index contributed by atoms with van der Waals surface area (Å²) >= 11 is 0. The molecule has 0 saturated carbocycles. The van der Waals surface area contributed by atoms with Crippen LogP contribution in [0.25, 0.3) is 5.70 Å². The quantitative estimate of drug-likeness (QED) is 0.582. The van der Waals surface area contributed by atoms with Crippen LogP contribution in [-0.2, 0) is 0 Å². The predicted molar refractivity (Wildman–Crippen MR) is 41.6 cm³/mol. The monoisotopic (exact) mass is 144 g/mol. The van der Waals surface area contributed by atoms with Crippen LogP contribution in [0, 0.1) is 6.58 Å². The second-order valence-corrected chi connectivity index (χ2v) is 2.41. The zero-order valence-corrected chi connectivity index (χ0v) is 5.79. The summed E-state index contributed by atoms with van der Waals surface area (Å²) in [6.45, 7) is 5.52. The number of rotatable bonds is 0. The SMILES string of the molecule is [CH]=C1NC(=O)c2ccccc21. The summed E-state index contributed by atoms with van der Waals surface area (Å²) in [5.74, 6) is -0.113. The molecule has 1 aromatic rings. The maximum atomic E-state index is 11.1. The number of amides is 1. The molecule has 1 heterocycles. The van der Waals surface area contributed by atoms with Gasteiger partial charge in [-0.25, -0.2) is 0 Å². The van der Waals surface area contributed by atoms with Crippen molar-refractivity contribution in [3.05, 3.63) is 42.0 Å². The van der Waals surface area contributed by atoms with Crippen molar-refractivity contribution in [2.24, 2.45) is 0 Å². The number of benzene rings is 1. The van der Waals surface area contributed by atoms with Crippen LogP contribution >= 0.6 is 0 Å². The van der Waals surface area contributed by atoms with Crippen molar-refractivity contribution in [1.82, 2.24) is 5.32 Å². The first-order chi connectivity index (χ1) is 5.29. The lowest BCUT2D eigenvalue weighted by Gasteiger charge is -1.92. The summed E-state index contributed by atoms with van der Waals surface area (Å²) in [7, 11) is 0. The molecule has 1 aliphatic rings. The van der Waals surface area contributed by atoms with Crippen molar-refractivity contribution in [2.75, 3.05) is 0 Å². The molecule has 1 N–H and O–H groups in total. The summed E-state index contributed by atoms with van der Waals surface area (Å²) in [5, 5.41) is 2.54. The molecule has 1 aliphatic heterocycles. The third-order valence-corrected chi connectivity index (χ3v) is 1.71. The van der Waals surface area contributed by atoms with Gasteiger partial charge in [0.1, 0.15) is 0 Å². The van der Waals surface area contributed by atoms with Gasteiger partial charge >= 0.3 is 0 Å². The van der Waals surface area contributed by atoms with Gasteiger partial charge in [-0.05, 0) is 12.6 Å². The van der Waals surface area contributed by atoms with Gasteiger partial charge in [-0.2, -0.15) is 0 Å². The summed E-state index contributed by atoms with van der Waals surface area (Å²) in [5.41, 5.74) is 1.91. The molecule has 0 saturated heterocycles. The van der Waals surface area contributed by atoms with Crippen molar-refractivity contribution in [1.29, 1.82) is 0 Å². The van der Waals surface area contributed by atoms with Crippen molar-refractivity contribution >= 4 is 11.6 Å². The molecule has 53 valence electrons. The topological polar surface area (TPSA) is 29.1 Å². The Morgan fingerprint density at radius 2 is 1.82 bits per heavy atom. The fourth-order valence-corrected chi connectivity index (χ4v) is 1.17. The Labute approximate surface area is 64.5 Å². The van der Waals surface area contributed by atoms with Crippen molar-refractivity contribution < 1.29 is 4.79 Å². The third kappa shape index (κ3) is 0.759. The fourth-order valence-electron chi connectivity index (χ4n) is 1.17. The van der Waals surface area contributed by atoms with Crippen LogP contribution in [0.4, 0.5) is 0 Å². The molecule has 1 aromatic carbocycles. The molecule has 0 bridgehead atoms. The summed E-state index contributed by atoms with van der Waals surface area (Å²) < 4.78 is 0. The van der Waals surface area contributed by atoms with Crippen molar-refractivity contribution in [3.8, 4) is 0 Å². The van der Waals surface area contributed by atoms with E-state index in [2.05, 4.69) is 5.32 Å². The van der Waals surface area contributed by atoms with Gasteiger partial charge in [-0.15, -0.1) is 0 Å². The van der Waals surface area contributed by atoms with Crippen LogP contribution in [0.1, 0.15) is 15.9 Å². The maximum Gasteiger partial charge on any atom is 0.256 e. The number of carbonyl (C=O) groups is 1. The van der Waals surface area contributed by atoms with Crippen LogP contribution < -0.4 is 5.32 Å². The Balaban J connectivity index is 2.69. The summed E-state index contributed by atoms with van der Waals surface area (Å²) in [4.78, 5) is 11.1. The Hall–Kier alpha value is -1.57. The lowest BCUT2D eigenvalue weighted by molar-refractivity contribution is 0.0981. The van der Waals surface area contributed by atoms with Crippen LogP contribution in [-0.4, -0.2) is 5.91 Å². The van der Waals surface area contributed by atoms with E-state index < -0.39 is 0 Å². The highest BCUT2D eigenvalue weighted by molar-refractivity contribution is 6.08. The zero-order valence-electron chi connectivity index (χ0n) is 5.79. The molecule has 2 nitrogen and oxygen atoms in total. The second kappa shape index (κ2) is 1.95. The minimum Gasteiger partial charge on any atom is -0.321 e. The maximum absolute atomic E-state index is 11.1. The van der Waals surface area contributed by atoms with Crippen LogP contribution in [0.3, 0.4) is 0 Å². The predicted octanol–water partition coefficient (Wildman–Crippen LogP) is 1.20. The van der Waals surface area contributed by atoms with Gasteiger partial charge in [0.2, 0.25) is 0 Å². The summed E-state index contributed by atoms with van der Waals surface area (Å²) in [6, 6.07) is 7.25. The van der Waals surface area contributed by atoms with Crippen LogP contribution in [0.2, 0.25) is 0 Å². The number of nitrogens with one attached hydrogen (secondary N) is 1. The van der Waals surface area contributed by atoms with Gasteiger partial charge in [0.25, 0.3) is 5.91 Å². The highest BCUT2D eigenvalue weighted by Gasteiger charge is 2.20. The molecule has 0 aliphatic carbocycles. The minimum atomic E-state index is -0.113. The fraction of sp³-hybridized carbons (Fsp3) is 0. The molecule has 0 unspecified atom stereocenters. The van der Waals surface area contributed by atoms with Crippen molar-refractivity contribution in [2.45, 2.75) is 0 Å². The molecule has 1 amide bonds. The van der Waals surface area contributed by atoms with E-state index >= 15 is 0 Å². The van der Waals surface area contributed by atoms with Crippen LogP contribution in [0.5, 0.6) is 0 Å². The average Bonchev–Trinajstić information content (AvgIpc) is 2.30. The molecule has 0 spiro atoms. The first kappa shape index (κ1) is 6.16. The first-order valence-electron chi connectivity index (χ1n) is 3.32. The highest BCUT2D eigenvalue weighted by atomic mass is 16.1. The van der Waals surface area contributed by atoms with E-state index in [4.69, 9.17) is 6.58 Å². The molecule has 0 atom stereocenters. The molecule has 2 rings (SSSR count). The number of hydrogen-bond donors (Lipinski definition) is 1. The molecular weight excluding hydrogens is 138 g/mol. The van der Waals surface area contributed by atoms with Gasteiger partial charge in [0.05, 0.1) is 0 Å².